The molecule has 1 aromatic rings. The summed E-state index contributed by atoms with van der Waals surface area (Å²) < 4.78 is 11.6. The average molecular weight is 386 g/mol. The highest BCUT2D eigenvalue weighted by Crippen LogP contribution is 2.37. The molecule has 0 unspecified atom stereocenters. The van der Waals surface area contributed by atoms with Gasteiger partial charge >= 0.3 is 0 Å². The molecule has 7 heteroatoms. The molecule has 1 saturated heterocycles. The summed E-state index contributed by atoms with van der Waals surface area (Å²) in [6.07, 6.45) is 1.68. The Morgan fingerprint density at radius 3 is 2.55 bits per heavy atom. The highest BCUT2D eigenvalue weighted by molar-refractivity contribution is 9.10. The van der Waals surface area contributed by atoms with E-state index >= 15 is 0 Å². The lowest BCUT2D eigenvalue weighted by molar-refractivity contribution is -0.122. The van der Waals surface area contributed by atoms with Gasteiger partial charge in [-0.1, -0.05) is 15.9 Å². The molecular formula is C15H16BrNO4S. The molecule has 0 N–H and O–H groups in total. The number of carbonyl (C=O) groups is 2. The van der Waals surface area contributed by atoms with Gasteiger partial charge in [-0.3, -0.25) is 14.5 Å². The van der Waals surface area contributed by atoms with Crippen LogP contribution in [0.4, 0.5) is 4.79 Å². The highest BCUT2D eigenvalue weighted by Gasteiger charge is 2.33. The fourth-order valence-corrected chi connectivity index (χ4v) is 3.33. The summed E-state index contributed by atoms with van der Waals surface area (Å²) in [5.74, 6) is 0.930. The van der Waals surface area contributed by atoms with Gasteiger partial charge in [-0.15, -0.1) is 0 Å². The van der Waals surface area contributed by atoms with Gasteiger partial charge in [0.05, 0.1) is 18.6 Å². The molecule has 1 heterocycles. The van der Waals surface area contributed by atoms with Crippen LogP contribution < -0.4 is 9.47 Å². The number of hydrogen-bond donors (Lipinski definition) is 0. The predicted molar refractivity (Wildman–Crippen MR) is 90.2 cm³/mol. The monoisotopic (exact) mass is 385 g/mol. The molecule has 0 atom stereocenters. The SMILES string of the molecule is CCOc1cc(Br)c(/C=C2/SC(=O)N(CC)C2=O)cc1OC. The third kappa shape index (κ3) is 3.30. The first-order chi connectivity index (χ1) is 10.5. The molecule has 0 spiro atoms. The molecule has 0 saturated carbocycles. The molecule has 2 rings (SSSR count). The molecule has 22 heavy (non-hydrogen) atoms. The Morgan fingerprint density at radius 2 is 2.00 bits per heavy atom. The van der Waals surface area contributed by atoms with E-state index in [0.29, 0.717) is 29.6 Å². The smallest absolute Gasteiger partial charge is 0.293 e. The van der Waals surface area contributed by atoms with Gasteiger partial charge in [-0.25, -0.2) is 0 Å². The second kappa shape index (κ2) is 7.19. The minimum atomic E-state index is -0.266. The number of amides is 2. The molecule has 1 aliphatic rings. The third-order valence-corrected chi connectivity index (χ3v) is 4.65. The topological polar surface area (TPSA) is 55.8 Å². The number of carbonyl (C=O) groups excluding carboxylic acids is 2. The van der Waals surface area contributed by atoms with Crippen LogP contribution in [0.2, 0.25) is 0 Å². The molecule has 2 amide bonds. The Balaban J connectivity index is 2.39. The van der Waals surface area contributed by atoms with E-state index in [9.17, 15) is 9.59 Å². The summed E-state index contributed by atoms with van der Waals surface area (Å²) >= 11 is 4.40. The quantitative estimate of drug-likeness (QED) is 0.719. The Kier molecular flexibility index (Phi) is 5.52. The van der Waals surface area contributed by atoms with Gasteiger partial charge in [0.15, 0.2) is 11.5 Å². The Bertz CT molecular complexity index is 645. The van der Waals surface area contributed by atoms with E-state index in [1.54, 1.807) is 32.2 Å². The first-order valence-corrected chi connectivity index (χ1v) is 8.38. The number of hydrogen-bond acceptors (Lipinski definition) is 5. The van der Waals surface area contributed by atoms with Crippen molar-refractivity contribution in [3.8, 4) is 11.5 Å². The Labute approximate surface area is 141 Å². The average Bonchev–Trinajstić information content (AvgIpc) is 2.76. The Morgan fingerprint density at radius 1 is 1.27 bits per heavy atom. The van der Waals surface area contributed by atoms with Crippen molar-refractivity contribution < 1.29 is 19.1 Å². The zero-order valence-electron chi connectivity index (χ0n) is 12.5. The number of methoxy groups -OCH3 is 1. The summed E-state index contributed by atoms with van der Waals surface area (Å²) in [6, 6.07) is 3.56. The lowest BCUT2D eigenvalue weighted by atomic mass is 10.2. The lowest BCUT2D eigenvalue weighted by Gasteiger charge is -2.11. The summed E-state index contributed by atoms with van der Waals surface area (Å²) in [5, 5.41) is -0.243. The summed E-state index contributed by atoms with van der Waals surface area (Å²) in [4.78, 5) is 25.5. The van der Waals surface area contributed by atoms with Gasteiger partial charge in [0.2, 0.25) is 0 Å². The zero-order chi connectivity index (χ0) is 16.3. The Hall–Kier alpha value is -1.47. The minimum absolute atomic E-state index is 0.243. The van der Waals surface area contributed by atoms with Gasteiger partial charge in [0, 0.05) is 11.0 Å². The molecule has 1 aromatic carbocycles. The minimum Gasteiger partial charge on any atom is -0.493 e. The molecule has 1 fully saturated rings. The van der Waals surface area contributed by atoms with Crippen LogP contribution in [0.3, 0.4) is 0 Å². The lowest BCUT2D eigenvalue weighted by Crippen LogP contribution is -2.27. The maximum Gasteiger partial charge on any atom is 0.293 e. The van der Waals surface area contributed by atoms with E-state index < -0.39 is 0 Å². The summed E-state index contributed by atoms with van der Waals surface area (Å²) in [7, 11) is 1.56. The number of nitrogens with zero attached hydrogens (tertiary/aromatic N) is 1. The number of likely N-dealkylation sites (N-methyl/N-ethyl adjacent to an activating group) is 1. The van der Waals surface area contributed by atoms with E-state index in [0.717, 1.165) is 21.8 Å². The zero-order valence-corrected chi connectivity index (χ0v) is 14.9. The van der Waals surface area contributed by atoms with E-state index in [1.807, 2.05) is 6.92 Å². The van der Waals surface area contributed by atoms with E-state index in [-0.39, 0.29) is 11.1 Å². The molecule has 0 aromatic heterocycles. The van der Waals surface area contributed by atoms with Crippen molar-refractivity contribution in [1.29, 1.82) is 0 Å². The normalized spacial score (nSPS) is 16.5. The largest absolute Gasteiger partial charge is 0.493 e. The van der Waals surface area contributed by atoms with E-state index in [4.69, 9.17) is 9.47 Å². The number of rotatable bonds is 5. The number of halogens is 1. The summed E-state index contributed by atoms with van der Waals surface area (Å²) in [5.41, 5.74) is 0.752. The van der Waals surface area contributed by atoms with E-state index in [1.165, 1.54) is 4.90 Å². The molecule has 5 nitrogen and oxygen atoms in total. The predicted octanol–water partition coefficient (Wildman–Crippen LogP) is 3.91. The van der Waals surface area contributed by atoms with Crippen molar-refractivity contribution >= 4 is 44.9 Å². The summed E-state index contributed by atoms with van der Waals surface area (Å²) in [6.45, 7) is 4.56. The standard InChI is InChI=1S/C15H16BrNO4S/c1-4-17-14(18)13(22-15(17)19)7-9-6-11(20-3)12(21-5-2)8-10(9)16/h6-8H,4-5H2,1-3H3/b13-7+. The molecule has 1 aliphatic heterocycles. The fraction of sp³-hybridized carbons (Fsp3) is 0.333. The first-order valence-electron chi connectivity index (χ1n) is 6.77. The molecule has 118 valence electrons. The van der Waals surface area contributed by atoms with E-state index in [2.05, 4.69) is 15.9 Å². The third-order valence-electron chi connectivity index (χ3n) is 3.06. The number of imide groups is 1. The molecule has 0 aliphatic carbocycles. The van der Waals surface area contributed by atoms with Crippen LogP contribution in [0.5, 0.6) is 11.5 Å². The van der Waals surface area contributed by atoms with Crippen molar-refractivity contribution in [1.82, 2.24) is 4.90 Å². The number of benzene rings is 1. The molecular weight excluding hydrogens is 370 g/mol. The van der Waals surface area contributed by atoms with Crippen molar-refractivity contribution in [3.63, 3.8) is 0 Å². The van der Waals surface area contributed by atoms with Crippen LogP contribution in [-0.2, 0) is 4.79 Å². The van der Waals surface area contributed by atoms with Crippen molar-refractivity contribution in [2.75, 3.05) is 20.3 Å². The van der Waals surface area contributed by atoms with Gasteiger partial charge in [0.25, 0.3) is 11.1 Å². The first kappa shape index (κ1) is 16.9. The second-order valence-electron chi connectivity index (χ2n) is 4.38. The number of thioether (sulfide) groups is 1. The van der Waals surface area contributed by atoms with Crippen molar-refractivity contribution in [2.45, 2.75) is 13.8 Å². The maximum atomic E-state index is 12.1. The van der Waals surface area contributed by atoms with Crippen molar-refractivity contribution in [3.05, 3.63) is 27.1 Å². The van der Waals surface area contributed by atoms with Crippen molar-refractivity contribution in [2.24, 2.45) is 0 Å². The van der Waals surface area contributed by atoms with Gasteiger partial charge < -0.3 is 9.47 Å². The van der Waals surface area contributed by atoms with Gasteiger partial charge in [-0.05, 0) is 49.4 Å². The van der Waals surface area contributed by atoms with Crippen LogP contribution in [0, 0.1) is 0 Å². The molecule has 0 bridgehead atoms. The van der Waals surface area contributed by atoms with Gasteiger partial charge in [-0.2, -0.15) is 0 Å². The second-order valence-corrected chi connectivity index (χ2v) is 6.23. The maximum absolute atomic E-state index is 12.1. The highest BCUT2D eigenvalue weighted by atomic mass is 79.9. The van der Waals surface area contributed by atoms with Crippen LogP contribution in [0.15, 0.2) is 21.5 Å². The number of ether oxygens (including phenoxy) is 2. The van der Waals surface area contributed by atoms with Crippen LogP contribution >= 0.6 is 27.7 Å². The van der Waals surface area contributed by atoms with Crippen LogP contribution in [0.25, 0.3) is 6.08 Å². The van der Waals surface area contributed by atoms with Gasteiger partial charge in [0.1, 0.15) is 0 Å². The van der Waals surface area contributed by atoms with Crippen LogP contribution in [-0.4, -0.2) is 36.3 Å². The fourth-order valence-electron chi connectivity index (χ4n) is 2.00. The molecule has 0 radical (unpaired) electrons. The van der Waals surface area contributed by atoms with Crippen LogP contribution in [0.1, 0.15) is 19.4 Å².